The van der Waals surface area contributed by atoms with E-state index >= 15 is 0 Å². The zero-order chi connectivity index (χ0) is 13.5. The third-order valence-electron chi connectivity index (χ3n) is 2.63. The van der Waals surface area contributed by atoms with Gasteiger partial charge in [0, 0.05) is 6.04 Å². The first kappa shape index (κ1) is 14.5. The molecule has 0 aliphatic heterocycles. The van der Waals surface area contributed by atoms with Gasteiger partial charge >= 0.3 is 0 Å². The van der Waals surface area contributed by atoms with Gasteiger partial charge in [0.25, 0.3) is 5.91 Å². The molecule has 1 rings (SSSR count). The first-order chi connectivity index (χ1) is 8.52. The number of carbonyl (C=O) groups is 1. The van der Waals surface area contributed by atoms with Gasteiger partial charge in [0.2, 0.25) is 0 Å². The predicted molar refractivity (Wildman–Crippen MR) is 69.1 cm³/mol. The molecule has 3 nitrogen and oxygen atoms in total. The van der Waals surface area contributed by atoms with E-state index in [0.29, 0.717) is 11.3 Å². The van der Waals surface area contributed by atoms with Gasteiger partial charge in [0.1, 0.15) is 11.6 Å². The Bertz CT molecular complexity index is 407. The molecule has 1 N–H and O–H groups in total. The molecule has 1 aromatic carbocycles. The fraction of sp³-hybridized carbons (Fsp3) is 0.500. The summed E-state index contributed by atoms with van der Waals surface area (Å²) in [6.07, 6.45) is 1.97. The Morgan fingerprint density at radius 3 is 2.83 bits per heavy atom. The summed E-state index contributed by atoms with van der Waals surface area (Å²) >= 11 is 0. The SMILES string of the molecule is CCCC(C)NC(=O)COc1ccc(F)c(C)c1. The number of nitrogens with one attached hydrogen (secondary N) is 1. The first-order valence-electron chi connectivity index (χ1n) is 6.21. The van der Waals surface area contributed by atoms with Crippen LogP contribution in [0, 0.1) is 12.7 Å². The first-order valence-corrected chi connectivity index (χ1v) is 6.21. The standard InChI is InChI=1S/C14H20FNO2/c1-4-5-11(3)16-14(17)9-18-12-6-7-13(15)10(2)8-12/h6-8,11H,4-5,9H2,1-3H3,(H,16,17). The molecule has 0 aliphatic rings. The molecule has 0 aliphatic carbocycles. The Hall–Kier alpha value is -1.58. The Labute approximate surface area is 107 Å². The van der Waals surface area contributed by atoms with Crippen LogP contribution in [0.2, 0.25) is 0 Å². The van der Waals surface area contributed by atoms with Crippen LogP contribution in [0.3, 0.4) is 0 Å². The van der Waals surface area contributed by atoms with E-state index in [4.69, 9.17) is 4.74 Å². The molecule has 100 valence electrons. The second-order valence-electron chi connectivity index (χ2n) is 4.46. The number of halogens is 1. The quantitative estimate of drug-likeness (QED) is 0.846. The van der Waals surface area contributed by atoms with Crippen LogP contribution < -0.4 is 10.1 Å². The molecule has 0 saturated carbocycles. The van der Waals surface area contributed by atoms with E-state index < -0.39 is 0 Å². The van der Waals surface area contributed by atoms with Gasteiger partial charge in [-0.2, -0.15) is 0 Å². The summed E-state index contributed by atoms with van der Waals surface area (Å²) < 4.78 is 18.3. The summed E-state index contributed by atoms with van der Waals surface area (Å²) in [4.78, 5) is 11.5. The maximum Gasteiger partial charge on any atom is 0.258 e. The molecule has 0 radical (unpaired) electrons. The molecule has 0 spiro atoms. The topological polar surface area (TPSA) is 38.3 Å². The monoisotopic (exact) mass is 253 g/mol. The molecule has 1 unspecified atom stereocenters. The van der Waals surface area contributed by atoms with E-state index in [9.17, 15) is 9.18 Å². The van der Waals surface area contributed by atoms with Crippen molar-refractivity contribution in [3.8, 4) is 5.75 Å². The van der Waals surface area contributed by atoms with Gasteiger partial charge in [-0.3, -0.25) is 4.79 Å². The minimum atomic E-state index is -0.275. The third-order valence-corrected chi connectivity index (χ3v) is 2.63. The van der Waals surface area contributed by atoms with E-state index in [1.54, 1.807) is 13.0 Å². The molecular formula is C14H20FNO2. The van der Waals surface area contributed by atoms with Gasteiger partial charge in [-0.05, 0) is 44.0 Å². The van der Waals surface area contributed by atoms with Crippen LogP contribution in [0.4, 0.5) is 4.39 Å². The lowest BCUT2D eigenvalue weighted by atomic mass is 10.2. The number of aryl methyl sites for hydroxylation is 1. The second kappa shape index (κ2) is 6.99. The minimum Gasteiger partial charge on any atom is -0.484 e. The molecule has 0 bridgehead atoms. The fourth-order valence-corrected chi connectivity index (χ4v) is 1.68. The lowest BCUT2D eigenvalue weighted by Gasteiger charge is -2.13. The van der Waals surface area contributed by atoms with Crippen LogP contribution in [-0.2, 0) is 4.79 Å². The largest absolute Gasteiger partial charge is 0.484 e. The van der Waals surface area contributed by atoms with E-state index in [1.807, 2.05) is 6.92 Å². The molecular weight excluding hydrogens is 233 g/mol. The van der Waals surface area contributed by atoms with Crippen LogP contribution in [0.15, 0.2) is 18.2 Å². The number of benzene rings is 1. The molecule has 4 heteroatoms. The van der Waals surface area contributed by atoms with Crippen LogP contribution in [0.25, 0.3) is 0 Å². The van der Waals surface area contributed by atoms with Crippen molar-refractivity contribution in [2.24, 2.45) is 0 Å². The molecule has 1 aromatic rings. The molecule has 0 aromatic heterocycles. The number of hydrogen-bond donors (Lipinski definition) is 1. The maximum atomic E-state index is 13.0. The normalized spacial score (nSPS) is 12.0. The van der Waals surface area contributed by atoms with Gasteiger partial charge in [-0.1, -0.05) is 13.3 Å². The molecule has 18 heavy (non-hydrogen) atoms. The van der Waals surface area contributed by atoms with Crippen molar-refractivity contribution in [1.82, 2.24) is 5.32 Å². The number of ether oxygens (including phenoxy) is 1. The smallest absolute Gasteiger partial charge is 0.258 e. The predicted octanol–water partition coefficient (Wildman–Crippen LogP) is 2.82. The number of carbonyl (C=O) groups excluding carboxylic acids is 1. The van der Waals surface area contributed by atoms with Gasteiger partial charge in [-0.25, -0.2) is 4.39 Å². The van der Waals surface area contributed by atoms with Crippen molar-refractivity contribution < 1.29 is 13.9 Å². The van der Waals surface area contributed by atoms with Crippen molar-refractivity contribution in [3.63, 3.8) is 0 Å². The van der Waals surface area contributed by atoms with E-state index in [2.05, 4.69) is 12.2 Å². The van der Waals surface area contributed by atoms with Crippen molar-refractivity contribution >= 4 is 5.91 Å². The molecule has 0 fully saturated rings. The lowest BCUT2D eigenvalue weighted by Crippen LogP contribution is -2.35. The van der Waals surface area contributed by atoms with Crippen LogP contribution in [0.1, 0.15) is 32.3 Å². The summed E-state index contributed by atoms with van der Waals surface area (Å²) in [5.74, 6) is 0.0773. The Balaban J connectivity index is 2.40. The van der Waals surface area contributed by atoms with Crippen LogP contribution in [0.5, 0.6) is 5.75 Å². The highest BCUT2D eigenvalue weighted by molar-refractivity contribution is 5.77. The van der Waals surface area contributed by atoms with Gasteiger partial charge in [-0.15, -0.1) is 0 Å². The number of hydrogen-bond acceptors (Lipinski definition) is 2. The molecule has 1 atom stereocenters. The van der Waals surface area contributed by atoms with E-state index in [1.165, 1.54) is 12.1 Å². The van der Waals surface area contributed by atoms with Crippen molar-refractivity contribution in [2.75, 3.05) is 6.61 Å². The van der Waals surface area contributed by atoms with Crippen molar-refractivity contribution in [3.05, 3.63) is 29.6 Å². The van der Waals surface area contributed by atoms with Gasteiger partial charge in [0.15, 0.2) is 6.61 Å². The average molecular weight is 253 g/mol. The highest BCUT2D eigenvalue weighted by atomic mass is 19.1. The van der Waals surface area contributed by atoms with Gasteiger partial charge < -0.3 is 10.1 Å². The van der Waals surface area contributed by atoms with Crippen molar-refractivity contribution in [2.45, 2.75) is 39.7 Å². The third kappa shape index (κ3) is 4.73. The van der Waals surface area contributed by atoms with E-state index in [-0.39, 0.29) is 24.4 Å². The van der Waals surface area contributed by atoms with Crippen LogP contribution in [-0.4, -0.2) is 18.6 Å². The van der Waals surface area contributed by atoms with Gasteiger partial charge in [0.05, 0.1) is 0 Å². The van der Waals surface area contributed by atoms with Crippen LogP contribution >= 0.6 is 0 Å². The maximum absolute atomic E-state index is 13.0. The lowest BCUT2D eigenvalue weighted by molar-refractivity contribution is -0.123. The highest BCUT2D eigenvalue weighted by Crippen LogP contribution is 2.15. The number of rotatable bonds is 6. The Morgan fingerprint density at radius 2 is 2.22 bits per heavy atom. The Morgan fingerprint density at radius 1 is 1.50 bits per heavy atom. The fourth-order valence-electron chi connectivity index (χ4n) is 1.68. The average Bonchev–Trinajstić information content (AvgIpc) is 2.31. The summed E-state index contributed by atoms with van der Waals surface area (Å²) in [5.41, 5.74) is 0.507. The minimum absolute atomic E-state index is 0.0425. The van der Waals surface area contributed by atoms with Crippen molar-refractivity contribution in [1.29, 1.82) is 0 Å². The van der Waals surface area contributed by atoms with E-state index in [0.717, 1.165) is 12.8 Å². The summed E-state index contributed by atoms with van der Waals surface area (Å²) in [7, 11) is 0. The summed E-state index contributed by atoms with van der Waals surface area (Å²) in [6.45, 7) is 5.65. The summed E-state index contributed by atoms with van der Waals surface area (Å²) in [6, 6.07) is 4.59. The summed E-state index contributed by atoms with van der Waals surface area (Å²) in [5, 5.41) is 2.84. The highest BCUT2D eigenvalue weighted by Gasteiger charge is 2.07. The molecule has 1 amide bonds. The second-order valence-corrected chi connectivity index (χ2v) is 4.46. The zero-order valence-corrected chi connectivity index (χ0v) is 11.1. The Kier molecular flexibility index (Phi) is 5.62. The molecule has 0 heterocycles. The molecule has 0 saturated heterocycles. The number of amides is 1. The zero-order valence-electron chi connectivity index (χ0n) is 11.1.